The Hall–Kier alpha value is -1.94. The van der Waals surface area contributed by atoms with Crippen LogP contribution in [0.4, 0.5) is 8.78 Å². The summed E-state index contributed by atoms with van der Waals surface area (Å²) in [7, 11) is 0. The number of aryl methyl sites for hydroxylation is 1. The van der Waals surface area contributed by atoms with Crippen LogP contribution in [0, 0.1) is 24.5 Å². The van der Waals surface area contributed by atoms with Crippen molar-refractivity contribution in [1.82, 2.24) is 5.32 Å². The largest absolute Gasteiger partial charge is 0.485 e. The topological polar surface area (TPSA) is 21.3 Å². The molecule has 1 fully saturated rings. The van der Waals surface area contributed by atoms with Gasteiger partial charge in [0.05, 0.1) is 0 Å². The van der Waals surface area contributed by atoms with Gasteiger partial charge in [0.25, 0.3) is 0 Å². The quantitative estimate of drug-likeness (QED) is 0.928. The number of benzene rings is 2. The lowest BCUT2D eigenvalue weighted by molar-refractivity contribution is 0.0982. The molecular weight excluding hydrogens is 272 g/mol. The predicted molar refractivity (Wildman–Crippen MR) is 77.3 cm³/mol. The molecule has 3 rings (SSSR count). The Morgan fingerprint density at radius 1 is 1.10 bits per heavy atom. The van der Waals surface area contributed by atoms with Gasteiger partial charge in [0.1, 0.15) is 11.9 Å². The SMILES string of the molecule is Cc1ccccc1OC(c1ccc(F)c(F)c1)C1CNC1. The van der Waals surface area contributed by atoms with Gasteiger partial charge in [-0.25, -0.2) is 8.78 Å². The van der Waals surface area contributed by atoms with E-state index in [1.165, 1.54) is 6.07 Å². The fourth-order valence-corrected chi connectivity index (χ4v) is 2.48. The van der Waals surface area contributed by atoms with Gasteiger partial charge in [-0.3, -0.25) is 0 Å². The molecule has 1 aliphatic heterocycles. The van der Waals surface area contributed by atoms with E-state index in [2.05, 4.69) is 5.32 Å². The second-order valence-electron chi connectivity index (χ2n) is 5.40. The third-order valence-corrected chi connectivity index (χ3v) is 3.86. The molecule has 0 saturated carbocycles. The summed E-state index contributed by atoms with van der Waals surface area (Å²) in [5.74, 6) is -0.633. The Balaban J connectivity index is 1.90. The van der Waals surface area contributed by atoms with Crippen molar-refractivity contribution in [3.8, 4) is 5.75 Å². The number of halogens is 2. The molecule has 0 aromatic heterocycles. The normalized spacial score (nSPS) is 16.3. The summed E-state index contributed by atoms with van der Waals surface area (Å²) in [6, 6.07) is 11.7. The van der Waals surface area contributed by atoms with Crippen LogP contribution in [0.25, 0.3) is 0 Å². The van der Waals surface area contributed by atoms with Gasteiger partial charge in [0, 0.05) is 19.0 Å². The van der Waals surface area contributed by atoms with E-state index < -0.39 is 11.6 Å². The van der Waals surface area contributed by atoms with Gasteiger partial charge in [-0.05, 0) is 36.2 Å². The predicted octanol–water partition coefficient (Wildman–Crippen LogP) is 3.61. The zero-order valence-corrected chi connectivity index (χ0v) is 11.8. The van der Waals surface area contributed by atoms with Gasteiger partial charge < -0.3 is 10.1 Å². The summed E-state index contributed by atoms with van der Waals surface area (Å²) in [5, 5.41) is 3.19. The molecule has 0 aliphatic carbocycles. The highest BCUT2D eigenvalue weighted by Gasteiger charge is 2.31. The van der Waals surface area contributed by atoms with Crippen molar-refractivity contribution in [2.75, 3.05) is 13.1 Å². The van der Waals surface area contributed by atoms with Crippen LogP contribution in [0.1, 0.15) is 17.2 Å². The maximum atomic E-state index is 13.5. The molecule has 4 heteroatoms. The smallest absolute Gasteiger partial charge is 0.159 e. The monoisotopic (exact) mass is 289 g/mol. The van der Waals surface area contributed by atoms with Crippen molar-refractivity contribution in [2.24, 2.45) is 5.92 Å². The van der Waals surface area contributed by atoms with Crippen LogP contribution in [0.2, 0.25) is 0 Å². The van der Waals surface area contributed by atoms with Crippen LogP contribution in [0.3, 0.4) is 0 Å². The zero-order valence-electron chi connectivity index (χ0n) is 11.8. The Morgan fingerprint density at radius 3 is 2.48 bits per heavy atom. The van der Waals surface area contributed by atoms with Gasteiger partial charge in [0.15, 0.2) is 11.6 Å². The minimum Gasteiger partial charge on any atom is -0.485 e. The number of hydrogen-bond donors (Lipinski definition) is 1. The Morgan fingerprint density at radius 2 is 1.86 bits per heavy atom. The number of para-hydroxylation sites is 1. The standard InChI is InChI=1S/C17H17F2NO/c1-11-4-2-3-5-16(11)21-17(13-9-20-10-13)12-6-7-14(18)15(19)8-12/h2-8,13,17,20H,9-10H2,1H3. The molecule has 0 bridgehead atoms. The highest BCUT2D eigenvalue weighted by Crippen LogP contribution is 2.32. The number of rotatable bonds is 4. The number of ether oxygens (including phenoxy) is 1. The van der Waals surface area contributed by atoms with E-state index in [0.717, 1.165) is 30.5 Å². The maximum Gasteiger partial charge on any atom is 0.159 e. The van der Waals surface area contributed by atoms with E-state index >= 15 is 0 Å². The highest BCUT2D eigenvalue weighted by molar-refractivity contribution is 5.33. The van der Waals surface area contributed by atoms with Crippen LogP contribution in [0.15, 0.2) is 42.5 Å². The van der Waals surface area contributed by atoms with Crippen LogP contribution >= 0.6 is 0 Å². The molecule has 0 radical (unpaired) electrons. The molecule has 1 atom stereocenters. The summed E-state index contributed by atoms with van der Waals surface area (Å²) < 4.78 is 32.7. The average molecular weight is 289 g/mol. The minimum atomic E-state index is -0.835. The maximum absolute atomic E-state index is 13.5. The zero-order chi connectivity index (χ0) is 14.8. The molecule has 2 aromatic carbocycles. The Bertz CT molecular complexity index is 640. The van der Waals surface area contributed by atoms with Gasteiger partial charge in [-0.1, -0.05) is 24.3 Å². The van der Waals surface area contributed by atoms with Gasteiger partial charge in [-0.15, -0.1) is 0 Å². The molecule has 2 aromatic rings. The highest BCUT2D eigenvalue weighted by atomic mass is 19.2. The summed E-state index contributed by atoms with van der Waals surface area (Å²) in [4.78, 5) is 0. The van der Waals surface area contributed by atoms with Gasteiger partial charge >= 0.3 is 0 Å². The molecule has 1 aliphatic rings. The average Bonchev–Trinajstić information content (AvgIpc) is 2.41. The van der Waals surface area contributed by atoms with Gasteiger partial charge in [0.2, 0.25) is 0 Å². The fraction of sp³-hybridized carbons (Fsp3) is 0.294. The summed E-state index contributed by atoms with van der Waals surface area (Å²) in [6.07, 6.45) is -0.276. The molecule has 2 nitrogen and oxygen atoms in total. The Labute approximate surface area is 122 Å². The van der Waals surface area contributed by atoms with E-state index in [1.807, 2.05) is 31.2 Å². The van der Waals surface area contributed by atoms with E-state index in [-0.39, 0.29) is 12.0 Å². The molecule has 1 N–H and O–H groups in total. The second-order valence-corrected chi connectivity index (χ2v) is 5.40. The third-order valence-electron chi connectivity index (χ3n) is 3.86. The van der Waals surface area contributed by atoms with Crippen molar-refractivity contribution >= 4 is 0 Å². The summed E-state index contributed by atoms with van der Waals surface area (Å²) >= 11 is 0. The van der Waals surface area contributed by atoms with E-state index in [1.54, 1.807) is 6.07 Å². The second kappa shape index (κ2) is 5.82. The lowest BCUT2D eigenvalue weighted by Gasteiger charge is -2.35. The first-order valence-corrected chi connectivity index (χ1v) is 7.03. The van der Waals surface area contributed by atoms with Crippen LogP contribution in [-0.2, 0) is 0 Å². The fourth-order valence-electron chi connectivity index (χ4n) is 2.48. The van der Waals surface area contributed by atoms with E-state index in [0.29, 0.717) is 5.56 Å². The lowest BCUT2D eigenvalue weighted by atomic mass is 9.90. The molecular formula is C17H17F2NO. The van der Waals surface area contributed by atoms with Crippen LogP contribution < -0.4 is 10.1 Å². The lowest BCUT2D eigenvalue weighted by Crippen LogP contribution is -2.46. The van der Waals surface area contributed by atoms with E-state index in [4.69, 9.17) is 4.74 Å². The molecule has 1 unspecified atom stereocenters. The summed E-state index contributed by atoms with van der Waals surface area (Å²) in [5.41, 5.74) is 1.70. The molecule has 110 valence electrons. The van der Waals surface area contributed by atoms with Crippen LogP contribution in [0.5, 0.6) is 5.75 Å². The molecule has 21 heavy (non-hydrogen) atoms. The number of nitrogens with one attached hydrogen (secondary N) is 1. The van der Waals surface area contributed by atoms with Crippen molar-refractivity contribution < 1.29 is 13.5 Å². The van der Waals surface area contributed by atoms with Crippen molar-refractivity contribution in [3.05, 3.63) is 65.2 Å². The van der Waals surface area contributed by atoms with Gasteiger partial charge in [-0.2, -0.15) is 0 Å². The molecule has 0 amide bonds. The molecule has 1 heterocycles. The van der Waals surface area contributed by atoms with Crippen molar-refractivity contribution in [2.45, 2.75) is 13.0 Å². The van der Waals surface area contributed by atoms with Crippen molar-refractivity contribution in [3.63, 3.8) is 0 Å². The molecule has 0 spiro atoms. The first kappa shape index (κ1) is 14.0. The van der Waals surface area contributed by atoms with E-state index in [9.17, 15) is 8.78 Å². The first-order valence-electron chi connectivity index (χ1n) is 7.03. The molecule has 1 saturated heterocycles. The minimum absolute atomic E-state index is 0.259. The number of hydrogen-bond acceptors (Lipinski definition) is 2. The Kier molecular flexibility index (Phi) is 3.88. The first-order chi connectivity index (χ1) is 10.1. The van der Waals surface area contributed by atoms with Crippen LogP contribution in [-0.4, -0.2) is 13.1 Å². The van der Waals surface area contributed by atoms with Crippen molar-refractivity contribution in [1.29, 1.82) is 0 Å². The third kappa shape index (κ3) is 2.90. The summed E-state index contributed by atoms with van der Waals surface area (Å²) in [6.45, 7) is 3.60.